The molecular weight excluding hydrogens is 306 g/mol. The van der Waals surface area contributed by atoms with E-state index in [0.29, 0.717) is 0 Å². The maximum absolute atomic E-state index is 13.5. The molecule has 1 aromatic rings. The molecule has 0 saturated carbocycles. The maximum Gasteiger partial charge on any atom is 0.241 e. The molecule has 3 nitrogen and oxygen atoms in total. The highest BCUT2D eigenvalue weighted by Crippen LogP contribution is 2.24. The second-order valence-corrected chi connectivity index (χ2v) is 5.29. The van der Waals surface area contributed by atoms with E-state index < -0.39 is 11.6 Å². The predicted molar refractivity (Wildman–Crippen MR) is 68.3 cm³/mol. The number of benzene rings is 1. The predicted octanol–water partition coefficient (Wildman–Crippen LogP) is 2.66. The molecule has 1 aromatic carbocycles. The first kappa shape index (κ1) is 13.4. The lowest BCUT2D eigenvalue weighted by Crippen LogP contribution is -2.39. The third-order valence-corrected chi connectivity index (χ3v) is 3.69. The molecule has 6 heteroatoms. The lowest BCUT2D eigenvalue weighted by Gasteiger charge is -2.16. The molecule has 1 fully saturated rings. The third-order valence-electron chi connectivity index (χ3n) is 3.08. The summed E-state index contributed by atoms with van der Waals surface area (Å²) in [6, 6.07) is 1.61. The van der Waals surface area contributed by atoms with Gasteiger partial charge in [0, 0.05) is 6.07 Å². The normalized spacial score (nSPS) is 23.1. The molecule has 18 heavy (non-hydrogen) atoms. The first-order valence-corrected chi connectivity index (χ1v) is 6.47. The van der Waals surface area contributed by atoms with Crippen LogP contribution < -0.4 is 10.6 Å². The zero-order chi connectivity index (χ0) is 13.3. The van der Waals surface area contributed by atoms with Crippen molar-refractivity contribution in [3.05, 3.63) is 28.2 Å². The van der Waals surface area contributed by atoms with Crippen LogP contribution in [0.5, 0.6) is 0 Å². The van der Waals surface area contributed by atoms with E-state index in [1.54, 1.807) is 0 Å². The number of carbonyl (C=O) groups is 1. The minimum absolute atomic E-state index is 0.0327. The van der Waals surface area contributed by atoms with Crippen molar-refractivity contribution < 1.29 is 13.6 Å². The second kappa shape index (κ2) is 5.32. The van der Waals surface area contributed by atoms with Crippen molar-refractivity contribution in [1.29, 1.82) is 0 Å². The third kappa shape index (κ3) is 2.70. The van der Waals surface area contributed by atoms with E-state index in [2.05, 4.69) is 26.6 Å². The summed E-state index contributed by atoms with van der Waals surface area (Å²) in [6.07, 6.45) is 0.898. The van der Waals surface area contributed by atoms with E-state index in [9.17, 15) is 13.6 Å². The number of carbonyl (C=O) groups excluding carboxylic acids is 1. The molecule has 2 atom stereocenters. The maximum atomic E-state index is 13.5. The van der Waals surface area contributed by atoms with Gasteiger partial charge in [-0.2, -0.15) is 0 Å². The Morgan fingerprint density at radius 1 is 1.44 bits per heavy atom. The smallest absolute Gasteiger partial charge is 0.241 e. The van der Waals surface area contributed by atoms with Gasteiger partial charge in [-0.3, -0.25) is 4.79 Å². The summed E-state index contributed by atoms with van der Waals surface area (Å²) in [4.78, 5) is 11.9. The summed E-state index contributed by atoms with van der Waals surface area (Å²) in [5, 5.41) is 5.45. The molecule has 1 aliphatic rings. The molecule has 2 unspecified atom stereocenters. The first-order chi connectivity index (χ1) is 8.49. The van der Waals surface area contributed by atoms with Crippen molar-refractivity contribution in [3.8, 4) is 0 Å². The minimum Gasteiger partial charge on any atom is -0.322 e. The van der Waals surface area contributed by atoms with Crippen LogP contribution in [0.2, 0.25) is 0 Å². The van der Waals surface area contributed by atoms with E-state index in [-0.39, 0.29) is 28.0 Å². The van der Waals surface area contributed by atoms with Crippen LogP contribution in [0.25, 0.3) is 0 Å². The van der Waals surface area contributed by atoms with Gasteiger partial charge in [-0.1, -0.05) is 6.92 Å². The molecule has 0 aliphatic carbocycles. The molecule has 0 radical (unpaired) electrons. The summed E-state index contributed by atoms with van der Waals surface area (Å²) in [6.45, 7) is 2.71. The van der Waals surface area contributed by atoms with Gasteiger partial charge >= 0.3 is 0 Å². The van der Waals surface area contributed by atoms with Gasteiger partial charge in [-0.05, 0) is 40.9 Å². The summed E-state index contributed by atoms with van der Waals surface area (Å²) in [5.74, 6) is -1.42. The zero-order valence-electron chi connectivity index (χ0n) is 9.77. The van der Waals surface area contributed by atoms with Crippen LogP contribution in [-0.4, -0.2) is 18.5 Å². The highest BCUT2D eigenvalue weighted by atomic mass is 79.9. The number of hydrogen-bond acceptors (Lipinski definition) is 2. The number of amides is 1. The van der Waals surface area contributed by atoms with E-state index in [4.69, 9.17) is 0 Å². The Hall–Kier alpha value is -1.01. The van der Waals surface area contributed by atoms with Crippen molar-refractivity contribution in [2.45, 2.75) is 19.4 Å². The van der Waals surface area contributed by atoms with Gasteiger partial charge in [0.2, 0.25) is 5.91 Å². The van der Waals surface area contributed by atoms with Crippen LogP contribution in [0.15, 0.2) is 16.6 Å². The van der Waals surface area contributed by atoms with Gasteiger partial charge < -0.3 is 10.6 Å². The standard InChI is InChI=1S/C12H13BrF2N2O/c1-6-2-3-16-11(6)12(18)17-10-5-8(14)7(13)4-9(10)15/h4-6,11,16H,2-3H2,1H3,(H,17,18). The lowest BCUT2D eigenvalue weighted by atomic mass is 10.0. The fourth-order valence-electron chi connectivity index (χ4n) is 2.01. The van der Waals surface area contributed by atoms with Gasteiger partial charge in [0.05, 0.1) is 16.2 Å². The summed E-state index contributed by atoms with van der Waals surface area (Å²) in [5.41, 5.74) is -0.137. The highest BCUT2D eigenvalue weighted by Gasteiger charge is 2.29. The van der Waals surface area contributed by atoms with Crippen LogP contribution in [0.3, 0.4) is 0 Å². The Kier molecular flexibility index (Phi) is 3.97. The Labute approximate surface area is 112 Å². The first-order valence-electron chi connectivity index (χ1n) is 5.68. The van der Waals surface area contributed by atoms with Crippen LogP contribution in [0.4, 0.5) is 14.5 Å². The molecule has 1 heterocycles. The molecule has 1 amide bonds. The molecule has 2 N–H and O–H groups in total. The van der Waals surface area contributed by atoms with Gasteiger partial charge in [0.1, 0.15) is 11.6 Å². The quantitative estimate of drug-likeness (QED) is 0.823. The lowest BCUT2D eigenvalue weighted by molar-refractivity contribution is -0.118. The fraction of sp³-hybridized carbons (Fsp3) is 0.417. The van der Waals surface area contributed by atoms with E-state index in [1.807, 2.05) is 6.92 Å². The van der Waals surface area contributed by atoms with Crippen LogP contribution in [-0.2, 0) is 4.79 Å². The van der Waals surface area contributed by atoms with Crippen molar-refractivity contribution >= 4 is 27.5 Å². The largest absolute Gasteiger partial charge is 0.322 e. The SMILES string of the molecule is CC1CCNC1C(=O)Nc1cc(F)c(Br)cc1F. The van der Waals surface area contributed by atoms with Gasteiger partial charge in [0.25, 0.3) is 0 Å². The van der Waals surface area contributed by atoms with Gasteiger partial charge in [-0.25, -0.2) is 8.78 Å². The van der Waals surface area contributed by atoms with Crippen molar-refractivity contribution in [3.63, 3.8) is 0 Å². The van der Waals surface area contributed by atoms with E-state index in [1.165, 1.54) is 0 Å². The molecule has 0 bridgehead atoms. The number of nitrogens with one attached hydrogen (secondary N) is 2. The number of anilines is 1. The molecular formula is C12H13BrF2N2O. The Morgan fingerprint density at radius 3 is 2.78 bits per heavy atom. The zero-order valence-corrected chi connectivity index (χ0v) is 11.4. The van der Waals surface area contributed by atoms with Crippen LogP contribution >= 0.6 is 15.9 Å². The minimum atomic E-state index is -0.665. The van der Waals surface area contributed by atoms with E-state index in [0.717, 1.165) is 25.1 Å². The van der Waals surface area contributed by atoms with Crippen molar-refractivity contribution in [1.82, 2.24) is 5.32 Å². The van der Waals surface area contributed by atoms with Gasteiger partial charge in [0.15, 0.2) is 0 Å². The number of rotatable bonds is 2. The Morgan fingerprint density at radius 2 is 2.17 bits per heavy atom. The van der Waals surface area contributed by atoms with Crippen molar-refractivity contribution in [2.24, 2.45) is 5.92 Å². The van der Waals surface area contributed by atoms with Crippen LogP contribution in [0, 0.1) is 17.6 Å². The summed E-state index contributed by atoms with van der Waals surface area (Å²) < 4.78 is 26.9. The summed E-state index contributed by atoms with van der Waals surface area (Å²) in [7, 11) is 0. The Balaban J connectivity index is 2.14. The monoisotopic (exact) mass is 318 g/mol. The molecule has 0 spiro atoms. The average molecular weight is 319 g/mol. The highest BCUT2D eigenvalue weighted by molar-refractivity contribution is 9.10. The number of hydrogen-bond donors (Lipinski definition) is 2. The topological polar surface area (TPSA) is 41.1 Å². The molecule has 1 aliphatic heterocycles. The second-order valence-electron chi connectivity index (χ2n) is 4.43. The van der Waals surface area contributed by atoms with Crippen LogP contribution in [0.1, 0.15) is 13.3 Å². The fourth-order valence-corrected chi connectivity index (χ4v) is 2.33. The van der Waals surface area contributed by atoms with Crippen molar-refractivity contribution in [2.75, 3.05) is 11.9 Å². The molecule has 98 valence electrons. The summed E-state index contributed by atoms with van der Waals surface area (Å²) >= 11 is 2.88. The number of halogens is 3. The average Bonchev–Trinajstić information content (AvgIpc) is 2.72. The molecule has 0 aromatic heterocycles. The molecule has 2 rings (SSSR count). The van der Waals surface area contributed by atoms with E-state index >= 15 is 0 Å². The molecule has 1 saturated heterocycles. The van der Waals surface area contributed by atoms with Gasteiger partial charge in [-0.15, -0.1) is 0 Å². The Bertz CT molecular complexity index is 481.